The van der Waals surface area contributed by atoms with Crippen molar-refractivity contribution in [3.05, 3.63) is 0 Å². The summed E-state index contributed by atoms with van der Waals surface area (Å²) >= 11 is 0. The third kappa shape index (κ3) is 11.6. The van der Waals surface area contributed by atoms with Gasteiger partial charge in [-0.3, -0.25) is 28.8 Å². The number of alkyl carbamates (subject to hydrolysis) is 1. The molecule has 1 heterocycles. The predicted molar refractivity (Wildman–Crippen MR) is 165 cm³/mol. The minimum absolute atomic E-state index is 0.0750. The predicted octanol–water partition coefficient (Wildman–Crippen LogP) is 0.905. The molecular weight excluding hydrogens is 584 g/mol. The lowest BCUT2D eigenvalue weighted by molar-refractivity contribution is -0.143. The number of hydrogen-bond donors (Lipinski definition) is 5. The van der Waals surface area contributed by atoms with Gasteiger partial charge in [0, 0.05) is 6.54 Å². The molecular formula is C31H52N6O8. The van der Waals surface area contributed by atoms with Crippen LogP contribution in [0.3, 0.4) is 0 Å². The van der Waals surface area contributed by atoms with Gasteiger partial charge in [0.25, 0.3) is 5.91 Å². The van der Waals surface area contributed by atoms with Crippen molar-refractivity contribution in [2.75, 3.05) is 19.7 Å². The average Bonchev–Trinajstić information content (AvgIpc) is 3.50. The molecule has 0 radical (unpaired) electrons. The van der Waals surface area contributed by atoms with Gasteiger partial charge in [0.1, 0.15) is 18.1 Å². The highest BCUT2D eigenvalue weighted by Gasteiger charge is 2.40. The van der Waals surface area contributed by atoms with Gasteiger partial charge in [-0.2, -0.15) is 0 Å². The molecule has 2 fully saturated rings. The van der Waals surface area contributed by atoms with Crippen molar-refractivity contribution in [3.8, 4) is 0 Å². The Kier molecular flexibility index (Phi) is 15.2. The molecule has 0 aromatic rings. The zero-order valence-corrected chi connectivity index (χ0v) is 27.3. The Morgan fingerprint density at radius 2 is 1.56 bits per heavy atom. The lowest BCUT2D eigenvalue weighted by atomic mass is 9.83. The van der Waals surface area contributed by atoms with Gasteiger partial charge in [-0.05, 0) is 49.9 Å². The van der Waals surface area contributed by atoms with Gasteiger partial charge in [0.2, 0.25) is 29.4 Å². The second-order valence-corrected chi connectivity index (χ2v) is 12.8. The van der Waals surface area contributed by atoms with Crippen LogP contribution >= 0.6 is 0 Å². The van der Waals surface area contributed by atoms with Gasteiger partial charge in [-0.25, -0.2) is 4.79 Å². The number of ketones is 1. The lowest BCUT2D eigenvalue weighted by Gasteiger charge is -2.31. The Morgan fingerprint density at radius 3 is 2.13 bits per heavy atom. The molecule has 254 valence electrons. The van der Waals surface area contributed by atoms with E-state index in [1.165, 1.54) is 4.90 Å². The largest absolute Gasteiger partial charge is 0.449 e. The standard InChI is InChI=1S/C31H52N6O8/c1-6-11-21(26(39)29(42)33-16-23(38)35-25(27(32)40)20-12-8-7-9-13-20)34-28(41)22-14-10-15-37(22)30(43)24(19(4)5)36-31(44)45-17-18(2)3/h18-22,24-25H,6-17H2,1-5H3,(H2,32,40)(H,33,42)(H,34,41)(H,35,38)(H,36,44)/t21?,22-,24?,25?/m0/s1. The molecule has 0 aromatic carbocycles. The van der Waals surface area contributed by atoms with E-state index in [1.54, 1.807) is 20.8 Å². The molecule has 6 amide bonds. The van der Waals surface area contributed by atoms with E-state index in [0.29, 0.717) is 19.3 Å². The summed E-state index contributed by atoms with van der Waals surface area (Å²) in [5.41, 5.74) is 5.51. The normalized spacial score (nSPS) is 18.9. The van der Waals surface area contributed by atoms with E-state index < -0.39 is 72.1 Å². The Labute approximate surface area is 265 Å². The Balaban J connectivity index is 2.00. The zero-order valence-electron chi connectivity index (χ0n) is 27.3. The van der Waals surface area contributed by atoms with Crippen LogP contribution in [0, 0.1) is 17.8 Å². The minimum atomic E-state index is -1.17. The fourth-order valence-electron chi connectivity index (χ4n) is 5.75. The second-order valence-electron chi connectivity index (χ2n) is 12.8. The summed E-state index contributed by atoms with van der Waals surface area (Å²) in [6, 6.07) is -3.84. The number of carbonyl (C=O) groups excluding carboxylic acids is 7. The molecule has 2 aliphatic rings. The number of nitrogens with two attached hydrogens (primary N) is 1. The number of likely N-dealkylation sites (tertiary alicyclic amines) is 1. The van der Waals surface area contributed by atoms with Gasteiger partial charge in [0.15, 0.2) is 0 Å². The summed E-state index contributed by atoms with van der Waals surface area (Å²) in [5, 5.41) is 10.1. The molecule has 6 N–H and O–H groups in total. The molecule has 0 bridgehead atoms. The average molecular weight is 637 g/mol. The first kappa shape index (κ1) is 37.5. The fourth-order valence-corrected chi connectivity index (χ4v) is 5.75. The van der Waals surface area contributed by atoms with Crippen molar-refractivity contribution in [1.82, 2.24) is 26.2 Å². The number of primary amides is 1. The SMILES string of the molecule is CCCC(NC(=O)[C@@H]1CCCN1C(=O)C(NC(=O)OCC(C)C)C(C)C)C(=O)C(=O)NCC(=O)NC(C(N)=O)C1CCCCC1. The highest BCUT2D eigenvalue weighted by atomic mass is 16.5. The molecule has 0 aromatic heterocycles. The van der Waals surface area contributed by atoms with Crippen LogP contribution in [0.4, 0.5) is 4.79 Å². The van der Waals surface area contributed by atoms with Gasteiger partial charge in [0.05, 0.1) is 19.2 Å². The minimum Gasteiger partial charge on any atom is -0.449 e. The summed E-state index contributed by atoms with van der Waals surface area (Å²) < 4.78 is 5.17. The summed E-state index contributed by atoms with van der Waals surface area (Å²) in [6.07, 6.45) is 5.27. The first-order valence-electron chi connectivity index (χ1n) is 16.2. The van der Waals surface area contributed by atoms with Crippen molar-refractivity contribution < 1.29 is 38.3 Å². The van der Waals surface area contributed by atoms with Crippen molar-refractivity contribution in [2.45, 2.75) is 117 Å². The molecule has 4 atom stereocenters. The molecule has 1 aliphatic carbocycles. The van der Waals surface area contributed by atoms with Crippen LogP contribution in [-0.4, -0.2) is 90.2 Å². The quantitative estimate of drug-likeness (QED) is 0.154. The molecule has 45 heavy (non-hydrogen) atoms. The van der Waals surface area contributed by atoms with E-state index in [4.69, 9.17) is 10.5 Å². The Bertz CT molecular complexity index is 1070. The van der Waals surface area contributed by atoms with Crippen LogP contribution in [0.5, 0.6) is 0 Å². The summed E-state index contributed by atoms with van der Waals surface area (Å²) in [7, 11) is 0. The molecule has 1 saturated heterocycles. The van der Waals surface area contributed by atoms with Gasteiger partial charge in [-0.1, -0.05) is 60.3 Å². The number of hydrogen-bond acceptors (Lipinski definition) is 8. The van der Waals surface area contributed by atoms with Crippen molar-refractivity contribution in [2.24, 2.45) is 23.5 Å². The molecule has 1 saturated carbocycles. The molecule has 3 unspecified atom stereocenters. The topological polar surface area (TPSA) is 206 Å². The van der Waals surface area contributed by atoms with Gasteiger partial charge < -0.3 is 36.6 Å². The van der Waals surface area contributed by atoms with E-state index in [-0.39, 0.29) is 37.3 Å². The van der Waals surface area contributed by atoms with Crippen LogP contribution in [0.2, 0.25) is 0 Å². The number of ether oxygens (including phenoxy) is 1. The summed E-state index contributed by atoms with van der Waals surface area (Å²) in [6.45, 7) is 9.06. The first-order valence-corrected chi connectivity index (χ1v) is 16.2. The molecule has 2 rings (SSSR count). The number of nitrogens with zero attached hydrogens (tertiary/aromatic N) is 1. The lowest BCUT2D eigenvalue weighted by Crippen LogP contribution is -2.57. The highest BCUT2D eigenvalue weighted by Crippen LogP contribution is 2.26. The van der Waals surface area contributed by atoms with E-state index in [1.807, 2.05) is 13.8 Å². The number of amides is 6. The summed E-state index contributed by atoms with van der Waals surface area (Å²) in [4.78, 5) is 90.8. The van der Waals surface area contributed by atoms with E-state index >= 15 is 0 Å². The van der Waals surface area contributed by atoms with Crippen LogP contribution < -0.4 is 27.0 Å². The number of carbonyl (C=O) groups is 7. The third-order valence-corrected chi connectivity index (χ3v) is 8.18. The van der Waals surface area contributed by atoms with Crippen LogP contribution in [0.25, 0.3) is 0 Å². The maximum Gasteiger partial charge on any atom is 0.407 e. The monoisotopic (exact) mass is 636 g/mol. The highest BCUT2D eigenvalue weighted by molar-refractivity contribution is 6.38. The van der Waals surface area contributed by atoms with Gasteiger partial charge >= 0.3 is 6.09 Å². The van der Waals surface area contributed by atoms with Crippen LogP contribution in [-0.2, 0) is 33.5 Å². The number of Topliss-reactive ketones (excluding diaryl/α,β-unsaturated/α-hetero) is 1. The first-order chi connectivity index (χ1) is 21.3. The fraction of sp³-hybridized carbons (Fsp3) is 0.774. The van der Waals surface area contributed by atoms with E-state index in [9.17, 15) is 33.6 Å². The number of nitrogens with one attached hydrogen (secondary N) is 4. The Hall–Kier alpha value is -3.71. The van der Waals surface area contributed by atoms with Crippen molar-refractivity contribution in [1.29, 1.82) is 0 Å². The molecule has 14 nitrogen and oxygen atoms in total. The van der Waals surface area contributed by atoms with Crippen molar-refractivity contribution in [3.63, 3.8) is 0 Å². The Morgan fingerprint density at radius 1 is 0.889 bits per heavy atom. The van der Waals surface area contributed by atoms with Gasteiger partial charge in [-0.15, -0.1) is 0 Å². The molecule has 0 spiro atoms. The zero-order chi connectivity index (χ0) is 33.7. The van der Waals surface area contributed by atoms with Crippen molar-refractivity contribution >= 4 is 41.4 Å². The third-order valence-electron chi connectivity index (χ3n) is 8.18. The van der Waals surface area contributed by atoms with Crippen LogP contribution in [0.15, 0.2) is 0 Å². The second kappa shape index (κ2) is 18.3. The molecule has 1 aliphatic heterocycles. The molecule has 14 heteroatoms. The number of rotatable bonds is 16. The summed E-state index contributed by atoms with van der Waals surface area (Å²) in [5.74, 6) is -4.54. The smallest absolute Gasteiger partial charge is 0.407 e. The van der Waals surface area contributed by atoms with E-state index in [0.717, 1.165) is 32.1 Å². The maximum absolute atomic E-state index is 13.5. The van der Waals surface area contributed by atoms with Crippen LogP contribution in [0.1, 0.15) is 92.4 Å². The van der Waals surface area contributed by atoms with E-state index in [2.05, 4.69) is 21.3 Å². The maximum atomic E-state index is 13.5.